The highest BCUT2D eigenvalue weighted by Gasteiger charge is 2.15. The van der Waals surface area contributed by atoms with Crippen molar-refractivity contribution in [3.8, 4) is 27.9 Å². The molecule has 0 unspecified atom stereocenters. The summed E-state index contributed by atoms with van der Waals surface area (Å²) in [4.78, 5) is 0. The predicted molar refractivity (Wildman–Crippen MR) is 170 cm³/mol. The van der Waals surface area contributed by atoms with Crippen molar-refractivity contribution in [3.63, 3.8) is 0 Å². The molecule has 194 valence electrons. The summed E-state index contributed by atoms with van der Waals surface area (Å²) in [6.45, 7) is 0. The number of nitrogens with two attached hydrogens (primary N) is 1. The van der Waals surface area contributed by atoms with Crippen LogP contribution in [0.15, 0.2) is 138 Å². The fourth-order valence-electron chi connectivity index (χ4n) is 6.00. The summed E-state index contributed by atoms with van der Waals surface area (Å²) in [6, 6.07) is 46.5. The molecule has 0 spiro atoms. The Morgan fingerprint density at radius 3 is 2.02 bits per heavy atom. The van der Waals surface area contributed by atoms with Gasteiger partial charge in [-0.15, -0.1) is 0 Å². The Bertz CT molecular complexity index is 2290. The molecule has 4 nitrogen and oxygen atoms in total. The van der Waals surface area contributed by atoms with Crippen LogP contribution in [0.3, 0.4) is 0 Å². The van der Waals surface area contributed by atoms with Crippen LogP contribution in [-0.4, -0.2) is 10.4 Å². The van der Waals surface area contributed by atoms with Crippen molar-refractivity contribution in [2.45, 2.75) is 0 Å². The average Bonchev–Trinajstić information content (AvgIpc) is 3.56. The zero-order valence-electron chi connectivity index (χ0n) is 22.1. The molecule has 2 aromatic heterocycles. The molecule has 0 saturated carbocycles. The summed E-state index contributed by atoms with van der Waals surface area (Å²) >= 11 is 0. The van der Waals surface area contributed by atoms with Crippen molar-refractivity contribution >= 4 is 49.6 Å². The summed E-state index contributed by atoms with van der Waals surface area (Å²) in [5.41, 5.74) is 16.1. The van der Waals surface area contributed by atoms with Gasteiger partial charge in [-0.1, -0.05) is 91.0 Å². The molecular formula is C37H25N3O. The van der Waals surface area contributed by atoms with Gasteiger partial charge < -0.3 is 14.7 Å². The lowest BCUT2D eigenvalue weighted by molar-refractivity contribution is 0.669. The number of nitrogens with one attached hydrogen (secondary N) is 1. The van der Waals surface area contributed by atoms with E-state index in [1.54, 1.807) is 0 Å². The molecule has 3 N–H and O–H groups in total. The molecule has 6 aromatic carbocycles. The fraction of sp³-hybridized carbons (Fsp3) is 0. The lowest BCUT2D eigenvalue weighted by Gasteiger charge is -2.11. The zero-order valence-corrected chi connectivity index (χ0v) is 22.1. The van der Waals surface area contributed by atoms with Crippen LogP contribution < -0.4 is 5.73 Å². The van der Waals surface area contributed by atoms with Gasteiger partial charge in [0.1, 0.15) is 17.0 Å². The van der Waals surface area contributed by atoms with Gasteiger partial charge in [0.05, 0.1) is 11.0 Å². The molecular weight excluding hydrogens is 502 g/mol. The third-order valence-corrected chi connectivity index (χ3v) is 8.02. The van der Waals surface area contributed by atoms with Crippen LogP contribution in [0, 0.1) is 5.41 Å². The first-order valence-electron chi connectivity index (χ1n) is 13.6. The number of furan rings is 1. The van der Waals surface area contributed by atoms with E-state index in [-0.39, 0.29) is 5.84 Å². The number of hydrogen-bond donors (Lipinski definition) is 2. The van der Waals surface area contributed by atoms with Crippen LogP contribution in [0.1, 0.15) is 5.56 Å². The monoisotopic (exact) mass is 527 g/mol. The van der Waals surface area contributed by atoms with Crippen LogP contribution in [0.2, 0.25) is 0 Å². The Morgan fingerprint density at radius 1 is 0.512 bits per heavy atom. The SMILES string of the molecule is N=C(N)c1ccc(-c2cccc(-n3c4ccccc4c4ccc(-c5ccc6oc7ccccc7c6c5)cc43)c2)cc1. The van der Waals surface area contributed by atoms with Crippen molar-refractivity contribution in [3.05, 3.63) is 139 Å². The molecule has 0 aliphatic rings. The van der Waals surface area contributed by atoms with Gasteiger partial charge in [0.2, 0.25) is 0 Å². The third kappa shape index (κ3) is 3.73. The van der Waals surface area contributed by atoms with Gasteiger partial charge >= 0.3 is 0 Å². The van der Waals surface area contributed by atoms with E-state index in [1.165, 1.54) is 16.3 Å². The second-order valence-electron chi connectivity index (χ2n) is 10.4. The summed E-state index contributed by atoms with van der Waals surface area (Å²) in [7, 11) is 0. The molecule has 8 aromatic rings. The highest BCUT2D eigenvalue weighted by molar-refractivity contribution is 6.11. The summed E-state index contributed by atoms with van der Waals surface area (Å²) in [6.07, 6.45) is 0. The number of nitrogen functional groups attached to an aromatic ring is 1. The second-order valence-corrected chi connectivity index (χ2v) is 10.4. The van der Waals surface area contributed by atoms with Gasteiger partial charge in [-0.2, -0.15) is 0 Å². The standard InChI is InChI=1S/C37H25N3O/c38-37(39)24-14-12-23(13-15-24)25-6-5-7-28(20-25)40-33-10-3-1-8-29(33)30-18-16-27(22-34(30)40)26-17-19-36-32(21-26)31-9-2-4-11-35(31)41-36/h1-22H,(H3,38,39). The van der Waals surface area contributed by atoms with E-state index in [4.69, 9.17) is 15.6 Å². The van der Waals surface area contributed by atoms with Gasteiger partial charge in [-0.3, -0.25) is 5.41 Å². The summed E-state index contributed by atoms with van der Waals surface area (Å²) in [5, 5.41) is 12.4. The Hall–Kier alpha value is -5.61. The number of aromatic nitrogens is 1. The van der Waals surface area contributed by atoms with E-state index < -0.39 is 0 Å². The molecule has 0 bridgehead atoms. The van der Waals surface area contributed by atoms with E-state index in [2.05, 4.69) is 102 Å². The van der Waals surface area contributed by atoms with Crippen LogP contribution in [0.4, 0.5) is 0 Å². The second kappa shape index (κ2) is 8.97. The van der Waals surface area contributed by atoms with Crippen LogP contribution in [0.5, 0.6) is 0 Å². The van der Waals surface area contributed by atoms with Crippen LogP contribution in [-0.2, 0) is 0 Å². The summed E-state index contributed by atoms with van der Waals surface area (Å²) in [5.74, 6) is 0.0755. The van der Waals surface area contributed by atoms with E-state index in [0.29, 0.717) is 0 Å². The maximum absolute atomic E-state index is 7.71. The lowest BCUT2D eigenvalue weighted by atomic mass is 10.0. The minimum atomic E-state index is 0.0755. The van der Waals surface area contributed by atoms with Gasteiger partial charge in [0.25, 0.3) is 0 Å². The fourth-order valence-corrected chi connectivity index (χ4v) is 6.00. The van der Waals surface area contributed by atoms with Crippen LogP contribution in [0.25, 0.3) is 71.7 Å². The molecule has 2 heterocycles. The maximum Gasteiger partial charge on any atom is 0.135 e. The number of para-hydroxylation sites is 2. The number of benzene rings is 6. The largest absolute Gasteiger partial charge is 0.456 e. The molecule has 0 aliphatic heterocycles. The highest BCUT2D eigenvalue weighted by atomic mass is 16.3. The molecule has 8 rings (SSSR count). The molecule has 0 aliphatic carbocycles. The third-order valence-electron chi connectivity index (χ3n) is 8.02. The first-order valence-corrected chi connectivity index (χ1v) is 13.6. The highest BCUT2D eigenvalue weighted by Crippen LogP contribution is 2.37. The lowest BCUT2D eigenvalue weighted by Crippen LogP contribution is -2.10. The smallest absolute Gasteiger partial charge is 0.135 e. The molecule has 0 atom stereocenters. The number of nitrogens with zero attached hydrogens (tertiary/aromatic N) is 1. The number of fused-ring (bicyclic) bond motifs is 6. The average molecular weight is 528 g/mol. The quantitative estimate of drug-likeness (QED) is 0.177. The minimum absolute atomic E-state index is 0.0755. The van der Waals surface area contributed by atoms with Gasteiger partial charge in [0.15, 0.2) is 0 Å². The first-order chi connectivity index (χ1) is 20.1. The van der Waals surface area contributed by atoms with Crippen LogP contribution >= 0.6 is 0 Å². The molecule has 4 heteroatoms. The van der Waals surface area contributed by atoms with Gasteiger partial charge in [-0.05, 0) is 64.7 Å². The molecule has 0 saturated heterocycles. The Morgan fingerprint density at radius 2 is 1.17 bits per heavy atom. The van der Waals surface area contributed by atoms with E-state index in [1.807, 2.05) is 36.4 Å². The molecule has 0 radical (unpaired) electrons. The van der Waals surface area contributed by atoms with E-state index in [0.717, 1.165) is 61.0 Å². The molecule has 0 fully saturated rings. The topological polar surface area (TPSA) is 67.9 Å². The Balaban J connectivity index is 1.31. The van der Waals surface area contributed by atoms with E-state index >= 15 is 0 Å². The Kier molecular flexibility index (Phi) is 5.09. The van der Waals surface area contributed by atoms with E-state index in [9.17, 15) is 0 Å². The number of amidine groups is 1. The predicted octanol–water partition coefficient (Wildman–Crippen LogP) is 9.30. The van der Waals surface area contributed by atoms with Crippen molar-refractivity contribution in [1.29, 1.82) is 5.41 Å². The van der Waals surface area contributed by atoms with Crippen molar-refractivity contribution < 1.29 is 4.42 Å². The normalized spacial score (nSPS) is 11.6. The molecule has 0 amide bonds. The maximum atomic E-state index is 7.71. The first kappa shape index (κ1) is 23.3. The van der Waals surface area contributed by atoms with Crippen molar-refractivity contribution in [1.82, 2.24) is 4.57 Å². The minimum Gasteiger partial charge on any atom is -0.456 e. The van der Waals surface area contributed by atoms with Crippen molar-refractivity contribution in [2.75, 3.05) is 0 Å². The van der Waals surface area contributed by atoms with Gasteiger partial charge in [-0.25, -0.2) is 0 Å². The Labute approximate surface area is 236 Å². The zero-order chi connectivity index (χ0) is 27.5. The molecule has 41 heavy (non-hydrogen) atoms. The number of hydrogen-bond acceptors (Lipinski definition) is 2. The van der Waals surface area contributed by atoms with Gasteiger partial charge in [0, 0.05) is 32.8 Å². The van der Waals surface area contributed by atoms with Crippen molar-refractivity contribution in [2.24, 2.45) is 5.73 Å². The summed E-state index contributed by atoms with van der Waals surface area (Å²) < 4.78 is 8.43. The number of rotatable bonds is 4.